The van der Waals surface area contributed by atoms with Crippen LogP contribution in [0.25, 0.3) is 0 Å². The van der Waals surface area contributed by atoms with Crippen LogP contribution in [0.15, 0.2) is 35.7 Å². The first-order valence-electron chi connectivity index (χ1n) is 9.37. The molecule has 0 aliphatic heterocycles. The van der Waals surface area contributed by atoms with Crippen molar-refractivity contribution in [3.63, 3.8) is 0 Å². The van der Waals surface area contributed by atoms with Crippen molar-refractivity contribution in [2.45, 2.75) is 59.0 Å². The maximum atomic E-state index is 12.8. The highest BCUT2D eigenvalue weighted by atomic mass is 31.2. The molecule has 0 heterocycles. The number of aliphatic hydroxyl groups is 1. The van der Waals surface area contributed by atoms with Crippen LogP contribution < -0.4 is 0 Å². The van der Waals surface area contributed by atoms with Gasteiger partial charge < -0.3 is 14.2 Å². The Labute approximate surface area is 161 Å². The molecule has 27 heavy (non-hydrogen) atoms. The number of nitrogens with zero attached hydrogens (tertiary/aromatic N) is 1. The topological polar surface area (TPSA) is 98.9 Å². The van der Waals surface area contributed by atoms with E-state index in [2.05, 4.69) is 6.92 Å². The molecule has 0 bridgehead atoms. The Kier molecular flexibility index (Phi) is 10.5. The molecule has 0 amide bonds. The van der Waals surface area contributed by atoms with Crippen molar-refractivity contribution >= 4 is 13.3 Å². The second-order valence-electron chi connectivity index (χ2n) is 6.17. The third-order valence-corrected chi connectivity index (χ3v) is 5.96. The number of rotatable bonds is 13. The lowest BCUT2D eigenvalue weighted by Gasteiger charge is -2.17. The predicted octanol–water partition coefficient (Wildman–Crippen LogP) is 5.75. The number of allylic oxidation sites excluding steroid dienone is 1. The van der Waals surface area contributed by atoms with Crippen LogP contribution in [0, 0.1) is 10.1 Å². The summed E-state index contributed by atoms with van der Waals surface area (Å²) >= 11 is 0. The molecule has 0 saturated heterocycles. The van der Waals surface area contributed by atoms with Gasteiger partial charge in [-0.25, -0.2) is 0 Å². The Morgan fingerprint density at radius 2 is 1.78 bits per heavy atom. The molecule has 0 spiro atoms. The average Bonchev–Trinajstić information content (AvgIpc) is 2.64. The number of non-ortho nitro benzene ring substituents is 1. The number of hydrogen-bond acceptors (Lipinski definition) is 6. The van der Waals surface area contributed by atoms with Gasteiger partial charge in [-0.1, -0.05) is 18.9 Å². The molecule has 0 aromatic heterocycles. The van der Waals surface area contributed by atoms with Gasteiger partial charge in [0, 0.05) is 17.9 Å². The Hall–Kier alpha value is -1.53. The van der Waals surface area contributed by atoms with Crippen LogP contribution in [-0.2, 0) is 13.6 Å². The summed E-state index contributed by atoms with van der Waals surface area (Å²) in [7, 11) is -3.28. The highest BCUT2D eigenvalue weighted by molar-refractivity contribution is 7.57. The number of hydrogen-bond donors (Lipinski definition) is 1. The van der Waals surface area contributed by atoms with Crippen molar-refractivity contribution in [3.05, 3.63) is 51.3 Å². The van der Waals surface area contributed by atoms with Crippen molar-refractivity contribution < 1.29 is 23.6 Å². The fourth-order valence-corrected chi connectivity index (χ4v) is 4.31. The molecular formula is C19H30NO6P. The van der Waals surface area contributed by atoms with Gasteiger partial charge in [0.15, 0.2) is 0 Å². The Morgan fingerprint density at radius 3 is 2.26 bits per heavy atom. The maximum Gasteiger partial charge on any atom is 0.354 e. The summed E-state index contributed by atoms with van der Waals surface area (Å²) in [5, 5.41) is 21.1. The molecule has 1 atom stereocenters. The molecule has 1 aromatic rings. The third-order valence-electron chi connectivity index (χ3n) is 4.04. The smallest absolute Gasteiger partial charge is 0.354 e. The molecule has 0 radical (unpaired) electrons. The van der Waals surface area contributed by atoms with Crippen LogP contribution in [0.1, 0.15) is 64.5 Å². The van der Waals surface area contributed by atoms with E-state index in [9.17, 15) is 19.8 Å². The van der Waals surface area contributed by atoms with Crippen LogP contribution in [0.5, 0.6) is 0 Å². The largest absolute Gasteiger partial charge is 0.388 e. The number of nitro benzene ring substituents is 1. The molecule has 8 heteroatoms. The standard InChI is InChI=1S/C19H30NO6P/c1-4-7-8-16(15-27(24,25-5-2)26-6-3)9-14-19(21)17-10-12-18(13-11-17)20(22)23/h10-13,15,19,21H,4-9,14H2,1-3H3. The van der Waals surface area contributed by atoms with E-state index in [0.717, 1.165) is 24.8 Å². The first-order valence-corrected chi connectivity index (χ1v) is 11.0. The van der Waals surface area contributed by atoms with E-state index in [1.165, 1.54) is 12.1 Å². The molecule has 0 aliphatic carbocycles. The summed E-state index contributed by atoms with van der Waals surface area (Å²) in [6, 6.07) is 5.88. The lowest BCUT2D eigenvalue weighted by Crippen LogP contribution is -2.00. The van der Waals surface area contributed by atoms with Gasteiger partial charge in [0.1, 0.15) is 0 Å². The van der Waals surface area contributed by atoms with Gasteiger partial charge in [-0.3, -0.25) is 14.7 Å². The van der Waals surface area contributed by atoms with Crippen LogP contribution in [-0.4, -0.2) is 23.2 Å². The highest BCUT2D eigenvalue weighted by Gasteiger charge is 2.21. The van der Waals surface area contributed by atoms with Crippen molar-refractivity contribution in [2.75, 3.05) is 13.2 Å². The first-order chi connectivity index (χ1) is 12.8. The lowest BCUT2D eigenvalue weighted by atomic mass is 9.99. The molecule has 1 N–H and O–H groups in total. The highest BCUT2D eigenvalue weighted by Crippen LogP contribution is 2.51. The third kappa shape index (κ3) is 8.35. The fourth-order valence-electron chi connectivity index (χ4n) is 2.66. The fraction of sp³-hybridized carbons (Fsp3) is 0.579. The zero-order valence-electron chi connectivity index (χ0n) is 16.3. The minimum absolute atomic E-state index is 0.0103. The van der Waals surface area contributed by atoms with Crippen LogP contribution in [0.4, 0.5) is 5.69 Å². The summed E-state index contributed by atoms with van der Waals surface area (Å²) in [5.74, 6) is 1.60. The van der Waals surface area contributed by atoms with Gasteiger partial charge in [0.05, 0.1) is 24.2 Å². The van der Waals surface area contributed by atoms with Crippen molar-refractivity contribution in [1.29, 1.82) is 0 Å². The minimum atomic E-state index is -3.28. The van der Waals surface area contributed by atoms with E-state index >= 15 is 0 Å². The summed E-state index contributed by atoms with van der Waals surface area (Å²) in [4.78, 5) is 10.3. The molecular weight excluding hydrogens is 369 g/mol. The maximum absolute atomic E-state index is 12.8. The molecule has 1 aromatic carbocycles. The SMILES string of the molecule is CCCCC(=CP(=O)(OCC)OCC)CCC(O)c1ccc([N+](=O)[O-])cc1. The van der Waals surface area contributed by atoms with E-state index < -0.39 is 18.6 Å². The summed E-state index contributed by atoms with van der Waals surface area (Å²) in [6.07, 6.45) is 2.91. The van der Waals surface area contributed by atoms with Gasteiger partial charge in [-0.2, -0.15) is 0 Å². The monoisotopic (exact) mass is 399 g/mol. The molecule has 1 rings (SSSR count). The summed E-state index contributed by atoms with van der Waals surface area (Å²) in [5.41, 5.74) is 1.54. The van der Waals surface area contributed by atoms with Crippen molar-refractivity contribution in [2.24, 2.45) is 0 Å². The van der Waals surface area contributed by atoms with Crippen LogP contribution in [0.2, 0.25) is 0 Å². The summed E-state index contributed by atoms with van der Waals surface area (Å²) in [6.45, 7) is 6.20. The quantitative estimate of drug-likeness (QED) is 0.258. The zero-order valence-corrected chi connectivity index (χ0v) is 17.2. The first kappa shape index (κ1) is 23.5. The van der Waals surface area contributed by atoms with Gasteiger partial charge in [-0.15, -0.1) is 0 Å². The number of unbranched alkanes of at least 4 members (excludes halogenated alkanes) is 1. The van der Waals surface area contributed by atoms with Gasteiger partial charge in [0.2, 0.25) is 0 Å². The average molecular weight is 399 g/mol. The van der Waals surface area contributed by atoms with Crippen LogP contribution >= 0.6 is 7.60 Å². The Morgan fingerprint density at radius 1 is 1.19 bits per heavy atom. The molecule has 1 unspecified atom stereocenters. The van der Waals surface area contributed by atoms with Crippen molar-refractivity contribution in [3.8, 4) is 0 Å². The number of benzene rings is 1. The molecule has 152 valence electrons. The molecule has 0 aliphatic rings. The van der Waals surface area contributed by atoms with Gasteiger partial charge >= 0.3 is 7.60 Å². The second kappa shape index (κ2) is 12.0. The Balaban J connectivity index is 2.84. The summed E-state index contributed by atoms with van der Waals surface area (Å²) < 4.78 is 23.4. The minimum Gasteiger partial charge on any atom is -0.388 e. The number of nitro groups is 1. The van der Waals surface area contributed by atoms with Crippen LogP contribution in [0.3, 0.4) is 0 Å². The van der Waals surface area contributed by atoms with E-state index in [-0.39, 0.29) is 5.69 Å². The normalized spacial score (nSPS) is 13.6. The molecule has 7 nitrogen and oxygen atoms in total. The predicted molar refractivity (Wildman–Crippen MR) is 106 cm³/mol. The number of aliphatic hydroxyl groups excluding tert-OH is 1. The molecule has 0 fully saturated rings. The molecule has 0 saturated carbocycles. The lowest BCUT2D eigenvalue weighted by molar-refractivity contribution is -0.384. The van der Waals surface area contributed by atoms with Crippen molar-refractivity contribution in [1.82, 2.24) is 0 Å². The van der Waals surface area contributed by atoms with E-state index in [4.69, 9.17) is 9.05 Å². The van der Waals surface area contributed by atoms with E-state index in [1.54, 1.807) is 31.8 Å². The van der Waals surface area contributed by atoms with E-state index in [1.807, 2.05) is 0 Å². The van der Waals surface area contributed by atoms with Gasteiger partial charge in [0.25, 0.3) is 5.69 Å². The van der Waals surface area contributed by atoms with Gasteiger partial charge in [-0.05, 0) is 57.2 Å². The zero-order chi connectivity index (χ0) is 20.3. The second-order valence-corrected chi connectivity index (χ2v) is 8.02. The van der Waals surface area contributed by atoms with E-state index in [0.29, 0.717) is 31.6 Å². The Bertz CT molecular complexity index is 649.